The molecule has 3 heterocycles. The van der Waals surface area contributed by atoms with Crippen molar-refractivity contribution in [1.29, 1.82) is 0 Å². The van der Waals surface area contributed by atoms with E-state index >= 15 is 0 Å². The molecule has 0 unspecified atom stereocenters. The lowest BCUT2D eigenvalue weighted by atomic mass is 10.0. The molecule has 0 spiro atoms. The van der Waals surface area contributed by atoms with Crippen LogP contribution < -0.4 is 5.56 Å². The Morgan fingerprint density at radius 3 is 2.58 bits per heavy atom. The first-order valence-electron chi connectivity index (χ1n) is 8.21. The van der Waals surface area contributed by atoms with E-state index in [2.05, 4.69) is 23.7 Å². The highest BCUT2D eigenvalue weighted by Crippen LogP contribution is 2.28. The SMILES string of the molecule is CC(C)CN1CCN(C(=O)c2ccc(=O)[nH]c2)[C@H]2CS(=O)(=O)C[C@H]21. The molecule has 7 nitrogen and oxygen atoms in total. The third-order valence-electron chi connectivity index (χ3n) is 4.68. The Bertz CT molecular complexity index is 766. The van der Waals surface area contributed by atoms with E-state index in [1.165, 1.54) is 18.3 Å². The summed E-state index contributed by atoms with van der Waals surface area (Å²) >= 11 is 0. The molecule has 2 atom stereocenters. The van der Waals surface area contributed by atoms with Gasteiger partial charge in [0.2, 0.25) is 5.56 Å². The van der Waals surface area contributed by atoms with Crippen LogP contribution in [0.15, 0.2) is 23.1 Å². The molecular formula is C16H23N3O4S. The highest BCUT2D eigenvalue weighted by atomic mass is 32.2. The molecule has 2 aliphatic rings. The number of fused-ring (bicyclic) bond motifs is 1. The van der Waals surface area contributed by atoms with E-state index in [-0.39, 0.29) is 35.1 Å². The van der Waals surface area contributed by atoms with Gasteiger partial charge in [-0.05, 0) is 12.0 Å². The van der Waals surface area contributed by atoms with Gasteiger partial charge in [-0.1, -0.05) is 13.8 Å². The maximum Gasteiger partial charge on any atom is 0.255 e. The van der Waals surface area contributed by atoms with Gasteiger partial charge in [-0.25, -0.2) is 8.42 Å². The zero-order chi connectivity index (χ0) is 17.5. The Morgan fingerprint density at radius 1 is 1.25 bits per heavy atom. The van der Waals surface area contributed by atoms with Crippen molar-refractivity contribution < 1.29 is 13.2 Å². The van der Waals surface area contributed by atoms with Crippen LogP contribution in [0.3, 0.4) is 0 Å². The van der Waals surface area contributed by atoms with Gasteiger partial charge in [-0.15, -0.1) is 0 Å². The molecule has 132 valence electrons. The number of hydrogen-bond acceptors (Lipinski definition) is 5. The van der Waals surface area contributed by atoms with Gasteiger partial charge in [0.25, 0.3) is 5.91 Å². The van der Waals surface area contributed by atoms with Crippen molar-refractivity contribution in [2.45, 2.75) is 25.9 Å². The van der Waals surface area contributed by atoms with Gasteiger partial charge in [0, 0.05) is 37.9 Å². The summed E-state index contributed by atoms with van der Waals surface area (Å²) in [5.41, 5.74) is 0.115. The van der Waals surface area contributed by atoms with Gasteiger partial charge in [0.1, 0.15) is 0 Å². The van der Waals surface area contributed by atoms with E-state index in [1.54, 1.807) is 4.90 Å². The van der Waals surface area contributed by atoms with Gasteiger partial charge in [-0.3, -0.25) is 14.5 Å². The second kappa shape index (κ2) is 6.33. The third kappa shape index (κ3) is 3.39. The maximum absolute atomic E-state index is 12.8. The minimum atomic E-state index is -3.15. The predicted molar refractivity (Wildman–Crippen MR) is 90.7 cm³/mol. The van der Waals surface area contributed by atoms with Crippen LogP contribution in [-0.4, -0.2) is 72.3 Å². The molecule has 2 fully saturated rings. The number of aromatic nitrogens is 1. The fourth-order valence-electron chi connectivity index (χ4n) is 3.68. The minimum Gasteiger partial charge on any atom is -0.332 e. The zero-order valence-corrected chi connectivity index (χ0v) is 14.8. The molecule has 3 rings (SSSR count). The average Bonchev–Trinajstić information content (AvgIpc) is 2.83. The molecule has 2 saturated heterocycles. The zero-order valence-electron chi connectivity index (χ0n) is 13.9. The van der Waals surface area contributed by atoms with Gasteiger partial charge in [-0.2, -0.15) is 0 Å². The topological polar surface area (TPSA) is 90.6 Å². The Morgan fingerprint density at radius 2 is 1.96 bits per heavy atom. The molecule has 2 aliphatic heterocycles. The van der Waals surface area contributed by atoms with Gasteiger partial charge < -0.3 is 9.88 Å². The molecular weight excluding hydrogens is 330 g/mol. The molecule has 8 heteroatoms. The van der Waals surface area contributed by atoms with Crippen LogP contribution in [0.4, 0.5) is 0 Å². The summed E-state index contributed by atoms with van der Waals surface area (Å²) in [7, 11) is -3.15. The summed E-state index contributed by atoms with van der Waals surface area (Å²) < 4.78 is 24.3. The van der Waals surface area contributed by atoms with Crippen LogP contribution in [0.25, 0.3) is 0 Å². The molecule has 1 N–H and O–H groups in total. The Labute approximate surface area is 141 Å². The van der Waals surface area contributed by atoms with Crippen LogP contribution in [0.5, 0.6) is 0 Å². The normalized spacial score (nSPS) is 26.5. The van der Waals surface area contributed by atoms with Crippen molar-refractivity contribution >= 4 is 15.7 Å². The second-order valence-corrected chi connectivity index (χ2v) is 9.19. The van der Waals surface area contributed by atoms with E-state index < -0.39 is 9.84 Å². The number of H-pyrrole nitrogens is 1. The number of carbonyl (C=O) groups is 1. The van der Waals surface area contributed by atoms with Crippen molar-refractivity contribution in [3.63, 3.8) is 0 Å². The number of sulfone groups is 1. The lowest BCUT2D eigenvalue weighted by Crippen LogP contribution is -2.61. The highest BCUT2D eigenvalue weighted by molar-refractivity contribution is 7.91. The minimum absolute atomic E-state index is 0.0152. The predicted octanol–water partition coefficient (Wildman–Crippen LogP) is -0.0457. The Kier molecular flexibility index (Phi) is 4.52. The van der Waals surface area contributed by atoms with E-state index in [4.69, 9.17) is 0 Å². The number of aromatic amines is 1. The standard InChI is InChI=1S/C16H23N3O4S/c1-11(2)8-18-5-6-19(14-10-24(22,23)9-13(14)18)16(21)12-3-4-15(20)17-7-12/h3-4,7,11,13-14H,5-6,8-10H2,1-2H3,(H,17,20)/t13-,14+/m1/s1. The average molecular weight is 353 g/mol. The first-order valence-corrected chi connectivity index (χ1v) is 10.0. The van der Waals surface area contributed by atoms with Crippen LogP contribution in [-0.2, 0) is 9.84 Å². The summed E-state index contributed by atoms with van der Waals surface area (Å²) in [6, 6.07) is 2.34. The first-order chi connectivity index (χ1) is 11.3. The van der Waals surface area contributed by atoms with Crippen molar-refractivity contribution in [2.24, 2.45) is 5.92 Å². The van der Waals surface area contributed by atoms with E-state index in [0.717, 1.165) is 6.54 Å². The monoisotopic (exact) mass is 353 g/mol. The molecule has 1 aromatic rings. The van der Waals surface area contributed by atoms with E-state index in [0.29, 0.717) is 24.6 Å². The lowest BCUT2D eigenvalue weighted by Gasteiger charge is -2.44. The van der Waals surface area contributed by atoms with Gasteiger partial charge >= 0.3 is 0 Å². The Balaban J connectivity index is 1.86. The highest BCUT2D eigenvalue weighted by Gasteiger charge is 2.48. The maximum atomic E-state index is 12.8. The number of rotatable bonds is 3. The number of carbonyl (C=O) groups excluding carboxylic acids is 1. The number of piperazine rings is 1. The molecule has 0 aromatic carbocycles. The molecule has 0 radical (unpaired) electrons. The smallest absolute Gasteiger partial charge is 0.255 e. The largest absolute Gasteiger partial charge is 0.332 e. The summed E-state index contributed by atoms with van der Waals surface area (Å²) in [6.45, 7) is 6.22. The number of pyridine rings is 1. The fraction of sp³-hybridized carbons (Fsp3) is 0.625. The van der Waals surface area contributed by atoms with Crippen molar-refractivity contribution in [1.82, 2.24) is 14.8 Å². The van der Waals surface area contributed by atoms with Crippen LogP contribution >= 0.6 is 0 Å². The van der Waals surface area contributed by atoms with Crippen LogP contribution in [0, 0.1) is 5.92 Å². The summed E-state index contributed by atoms with van der Waals surface area (Å²) in [5, 5.41) is 0. The third-order valence-corrected chi connectivity index (χ3v) is 6.38. The fourth-order valence-corrected chi connectivity index (χ4v) is 5.69. The van der Waals surface area contributed by atoms with Gasteiger partial charge in [0.15, 0.2) is 9.84 Å². The molecule has 1 aromatic heterocycles. The number of hydrogen-bond donors (Lipinski definition) is 1. The molecule has 0 bridgehead atoms. The van der Waals surface area contributed by atoms with Crippen molar-refractivity contribution in [3.05, 3.63) is 34.2 Å². The molecule has 1 amide bonds. The number of nitrogens with zero attached hydrogens (tertiary/aromatic N) is 2. The first kappa shape index (κ1) is 17.2. The molecule has 0 aliphatic carbocycles. The van der Waals surface area contributed by atoms with Gasteiger partial charge in [0.05, 0.1) is 23.1 Å². The molecule has 24 heavy (non-hydrogen) atoms. The van der Waals surface area contributed by atoms with Crippen molar-refractivity contribution in [3.8, 4) is 0 Å². The number of nitrogens with one attached hydrogen (secondary N) is 1. The molecule has 0 saturated carbocycles. The van der Waals surface area contributed by atoms with E-state index in [1.807, 2.05) is 0 Å². The summed E-state index contributed by atoms with van der Waals surface area (Å²) in [5.74, 6) is 0.346. The number of amides is 1. The van der Waals surface area contributed by atoms with E-state index in [9.17, 15) is 18.0 Å². The van der Waals surface area contributed by atoms with Crippen LogP contribution in [0.2, 0.25) is 0 Å². The van der Waals surface area contributed by atoms with Crippen LogP contribution in [0.1, 0.15) is 24.2 Å². The van der Waals surface area contributed by atoms with Crippen molar-refractivity contribution in [2.75, 3.05) is 31.1 Å². The lowest BCUT2D eigenvalue weighted by molar-refractivity contribution is 0.0297. The summed E-state index contributed by atoms with van der Waals surface area (Å²) in [6.07, 6.45) is 1.39. The quantitative estimate of drug-likeness (QED) is 0.823. The Hall–Kier alpha value is -1.67. The second-order valence-electron chi connectivity index (χ2n) is 7.04. The summed E-state index contributed by atoms with van der Waals surface area (Å²) in [4.78, 5) is 30.3.